The molecule has 1 unspecified atom stereocenters. The van der Waals surface area contributed by atoms with Gasteiger partial charge in [-0.2, -0.15) is 0 Å². The van der Waals surface area contributed by atoms with Crippen LogP contribution in [0.4, 0.5) is 10.5 Å². The van der Waals surface area contributed by atoms with E-state index in [1.807, 2.05) is 55.1 Å². The molecule has 30 heavy (non-hydrogen) atoms. The van der Waals surface area contributed by atoms with E-state index in [0.717, 1.165) is 29.1 Å². The molecule has 0 radical (unpaired) electrons. The Bertz CT molecular complexity index is 1070. The van der Waals surface area contributed by atoms with Crippen molar-refractivity contribution in [2.24, 2.45) is 0 Å². The van der Waals surface area contributed by atoms with Crippen molar-refractivity contribution in [3.8, 4) is 11.5 Å². The average Bonchev–Trinajstić information content (AvgIpc) is 3.23. The molecule has 0 fully saturated rings. The van der Waals surface area contributed by atoms with Crippen LogP contribution >= 0.6 is 0 Å². The third-order valence-electron chi connectivity index (χ3n) is 5.65. The van der Waals surface area contributed by atoms with Gasteiger partial charge in [-0.3, -0.25) is 0 Å². The fourth-order valence-electron chi connectivity index (χ4n) is 4.12. The Labute approximate surface area is 177 Å². The lowest BCUT2D eigenvalue weighted by Crippen LogP contribution is -2.44. The highest BCUT2D eigenvalue weighted by atomic mass is 16.5. The van der Waals surface area contributed by atoms with Gasteiger partial charge in [0.25, 0.3) is 0 Å². The highest BCUT2D eigenvalue weighted by Crippen LogP contribution is 2.37. The van der Waals surface area contributed by atoms with Gasteiger partial charge < -0.3 is 24.3 Å². The van der Waals surface area contributed by atoms with Gasteiger partial charge in [-0.05, 0) is 55.3 Å². The quantitative estimate of drug-likeness (QED) is 0.681. The van der Waals surface area contributed by atoms with Gasteiger partial charge in [-0.1, -0.05) is 23.8 Å². The number of ether oxygens (including phenoxy) is 2. The lowest BCUT2D eigenvalue weighted by atomic mass is 9.99. The Morgan fingerprint density at radius 3 is 2.53 bits per heavy atom. The van der Waals surface area contributed by atoms with Crippen molar-refractivity contribution in [2.45, 2.75) is 26.4 Å². The zero-order valence-corrected chi connectivity index (χ0v) is 17.8. The van der Waals surface area contributed by atoms with Crippen molar-refractivity contribution in [3.63, 3.8) is 0 Å². The number of urea groups is 1. The summed E-state index contributed by atoms with van der Waals surface area (Å²) in [5.74, 6) is 1.31. The standard InChI is InChI=1S/C24H27N3O3/c1-16-7-9-19(17(2)14-16)25-24(28)27-13-12-26-11-5-6-20(26)23(27)18-8-10-21(29-3)22(15-18)30-4/h5-11,14-15,23H,12-13H2,1-4H3,(H,25,28). The van der Waals surface area contributed by atoms with Crippen molar-refractivity contribution in [3.05, 3.63) is 77.1 Å². The van der Waals surface area contributed by atoms with E-state index in [9.17, 15) is 4.79 Å². The largest absolute Gasteiger partial charge is 0.493 e. The zero-order valence-electron chi connectivity index (χ0n) is 17.8. The fraction of sp³-hybridized carbons (Fsp3) is 0.292. The Balaban J connectivity index is 1.71. The number of rotatable bonds is 4. The number of anilines is 1. The maximum atomic E-state index is 13.3. The molecule has 3 aromatic rings. The van der Waals surface area contributed by atoms with E-state index in [2.05, 4.69) is 28.2 Å². The van der Waals surface area contributed by atoms with Crippen LogP contribution in [0.2, 0.25) is 0 Å². The first kappa shape index (κ1) is 19.9. The molecular weight excluding hydrogens is 378 g/mol. The predicted molar refractivity (Wildman–Crippen MR) is 117 cm³/mol. The fourth-order valence-corrected chi connectivity index (χ4v) is 4.12. The highest BCUT2D eigenvalue weighted by molar-refractivity contribution is 5.90. The molecule has 1 aliphatic heterocycles. The van der Waals surface area contributed by atoms with Crippen LogP contribution in [0, 0.1) is 13.8 Å². The lowest BCUT2D eigenvalue weighted by molar-refractivity contribution is 0.181. The number of hydrogen-bond donors (Lipinski definition) is 1. The van der Waals surface area contributed by atoms with Crippen molar-refractivity contribution in [1.29, 1.82) is 0 Å². The molecule has 1 atom stereocenters. The maximum absolute atomic E-state index is 13.3. The van der Waals surface area contributed by atoms with Crippen LogP contribution in [0.15, 0.2) is 54.7 Å². The number of carbonyl (C=O) groups excluding carboxylic acids is 1. The van der Waals surface area contributed by atoms with Gasteiger partial charge in [0, 0.05) is 30.7 Å². The molecule has 0 aliphatic carbocycles. The Kier molecular flexibility index (Phi) is 5.40. The van der Waals surface area contributed by atoms with Crippen molar-refractivity contribution < 1.29 is 14.3 Å². The second-order valence-corrected chi connectivity index (χ2v) is 7.59. The summed E-state index contributed by atoms with van der Waals surface area (Å²) in [6.45, 7) is 5.42. The summed E-state index contributed by atoms with van der Waals surface area (Å²) < 4.78 is 13.1. The van der Waals surface area contributed by atoms with Crippen LogP contribution in [-0.2, 0) is 6.54 Å². The van der Waals surface area contributed by atoms with Crippen LogP contribution in [0.3, 0.4) is 0 Å². The second-order valence-electron chi connectivity index (χ2n) is 7.59. The number of carbonyl (C=O) groups is 1. The molecule has 0 saturated carbocycles. The molecule has 2 aromatic carbocycles. The molecular formula is C24H27N3O3. The number of nitrogens with zero attached hydrogens (tertiary/aromatic N) is 2. The van der Waals surface area contributed by atoms with E-state index >= 15 is 0 Å². The van der Waals surface area contributed by atoms with Gasteiger partial charge in [0.2, 0.25) is 0 Å². The van der Waals surface area contributed by atoms with Gasteiger partial charge in [0.1, 0.15) is 0 Å². The van der Waals surface area contributed by atoms with Crippen LogP contribution in [0.5, 0.6) is 11.5 Å². The minimum atomic E-state index is -0.223. The number of nitrogens with one attached hydrogen (secondary N) is 1. The smallest absolute Gasteiger partial charge is 0.322 e. The van der Waals surface area contributed by atoms with E-state index in [4.69, 9.17) is 9.47 Å². The molecule has 0 saturated heterocycles. The van der Waals surface area contributed by atoms with E-state index in [0.29, 0.717) is 18.0 Å². The third kappa shape index (κ3) is 3.61. The molecule has 1 aromatic heterocycles. The molecule has 2 heterocycles. The van der Waals surface area contributed by atoms with E-state index in [1.54, 1.807) is 14.2 Å². The van der Waals surface area contributed by atoms with Crippen LogP contribution in [0.1, 0.15) is 28.4 Å². The molecule has 6 nitrogen and oxygen atoms in total. The Morgan fingerprint density at radius 2 is 1.80 bits per heavy atom. The predicted octanol–water partition coefficient (Wildman–Crippen LogP) is 4.76. The molecule has 4 rings (SSSR count). The van der Waals surface area contributed by atoms with Gasteiger partial charge in [0.15, 0.2) is 11.5 Å². The molecule has 0 spiro atoms. The van der Waals surface area contributed by atoms with Crippen LogP contribution in [0.25, 0.3) is 0 Å². The molecule has 0 bridgehead atoms. The van der Waals surface area contributed by atoms with E-state index < -0.39 is 0 Å². The number of amides is 2. The van der Waals surface area contributed by atoms with Crippen molar-refractivity contribution >= 4 is 11.7 Å². The second kappa shape index (κ2) is 8.14. The summed E-state index contributed by atoms with van der Waals surface area (Å²) in [6.07, 6.45) is 2.06. The lowest BCUT2D eigenvalue weighted by Gasteiger charge is -2.37. The minimum Gasteiger partial charge on any atom is -0.493 e. The first-order chi connectivity index (χ1) is 14.5. The van der Waals surface area contributed by atoms with E-state index in [1.165, 1.54) is 5.56 Å². The number of benzene rings is 2. The SMILES string of the molecule is COc1ccc(C2c3cccn3CCN2C(=O)Nc2ccc(C)cc2C)cc1OC. The normalized spacial score (nSPS) is 15.5. The highest BCUT2D eigenvalue weighted by Gasteiger charge is 2.33. The number of fused-ring (bicyclic) bond motifs is 1. The first-order valence-electron chi connectivity index (χ1n) is 10.0. The number of aromatic nitrogens is 1. The summed E-state index contributed by atoms with van der Waals surface area (Å²) in [4.78, 5) is 15.2. The minimum absolute atomic E-state index is 0.116. The van der Waals surface area contributed by atoms with E-state index in [-0.39, 0.29) is 12.1 Å². The Morgan fingerprint density at radius 1 is 1.00 bits per heavy atom. The van der Waals surface area contributed by atoms with Gasteiger partial charge in [-0.15, -0.1) is 0 Å². The number of methoxy groups -OCH3 is 2. The first-order valence-corrected chi connectivity index (χ1v) is 10.0. The topological polar surface area (TPSA) is 55.7 Å². The molecule has 2 amide bonds. The summed E-state index contributed by atoms with van der Waals surface area (Å²) in [5.41, 5.74) is 5.10. The van der Waals surface area contributed by atoms with Gasteiger partial charge in [0.05, 0.1) is 20.3 Å². The summed E-state index contributed by atoms with van der Waals surface area (Å²) in [6, 6.07) is 15.6. The summed E-state index contributed by atoms with van der Waals surface area (Å²) in [7, 11) is 3.24. The maximum Gasteiger partial charge on any atom is 0.322 e. The Hall–Kier alpha value is -3.41. The average molecular weight is 405 g/mol. The van der Waals surface area contributed by atoms with Gasteiger partial charge in [-0.25, -0.2) is 4.79 Å². The number of aryl methyl sites for hydroxylation is 2. The monoisotopic (exact) mass is 405 g/mol. The molecule has 6 heteroatoms. The van der Waals surface area contributed by atoms with Crippen LogP contribution < -0.4 is 14.8 Å². The molecule has 1 aliphatic rings. The van der Waals surface area contributed by atoms with Crippen molar-refractivity contribution in [2.75, 3.05) is 26.1 Å². The third-order valence-corrected chi connectivity index (χ3v) is 5.65. The number of hydrogen-bond acceptors (Lipinski definition) is 3. The summed E-state index contributed by atoms with van der Waals surface area (Å²) >= 11 is 0. The molecule has 1 N–H and O–H groups in total. The van der Waals surface area contributed by atoms with Crippen molar-refractivity contribution in [1.82, 2.24) is 9.47 Å². The van der Waals surface area contributed by atoms with Gasteiger partial charge >= 0.3 is 6.03 Å². The zero-order chi connectivity index (χ0) is 21.3. The molecule has 156 valence electrons. The summed E-state index contributed by atoms with van der Waals surface area (Å²) in [5, 5.41) is 3.10. The van der Waals surface area contributed by atoms with Crippen LogP contribution in [-0.4, -0.2) is 36.3 Å².